The number of benzene rings is 2. The zero-order valence-electron chi connectivity index (χ0n) is 19.0. The van der Waals surface area contributed by atoms with Crippen LogP contribution in [0.25, 0.3) is 10.9 Å². The highest BCUT2D eigenvalue weighted by Crippen LogP contribution is 2.36. The minimum Gasteiger partial charge on any atom is -0.367 e. The van der Waals surface area contributed by atoms with Gasteiger partial charge < -0.3 is 25.2 Å². The van der Waals surface area contributed by atoms with Crippen molar-refractivity contribution < 1.29 is 4.74 Å². The molecule has 0 spiro atoms. The number of nitrogens with zero attached hydrogens (tertiary/aromatic N) is 4. The number of fused-ring (bicyclic) bond motifs is 2. The molecule has 2 aromatic carbocycles. The second-order valence-electron chi connectivity index (χ2n) is 9.06. The lowest BCUT2D eigenvalue weighted by Crippen LogP contribution is -2.53. The number of aromatic nitrogens is 1. The van der Waals surface area contributed by atoms with E-state index in [-0.39, 0.29) is 12.2 Å². The van der Waals surface area contributed by atoms with E-state index in [4.69, 9.17) is 9.73 Å². The number of hydrogen-bond acceptors (Lipinski definition) is 7. The Balaban J connectivity index is 1.32. The Labute approximate surface area is 194 Å². The summed E-state index contributed by atoms with van der Waals surface area (Å²) in [6, 6.07) is 17.0. The second kappa shape index (κ2) is 8.65. The maximum Gasteiger partial charge on any atom is 0.134 e. The first-order valence-electron chi connectivity index (χ1n) is 11.9. The fraction of sp³-hybridized carbons (Fsp3) is 0.385. The van der Waals surface area contributed by atoms with Gasteiger partial charge in [0.15, 0.2) is 0 Å². The summed E-state index contributed by atoms with van der Waals surface area (Å²) in [6.07, 6.45) is 1.85. The summed E-state index contributed by atoms with van der Waals surface area (Å²) < 4.78 is 6.42. The van der Waals surface area contributed by atoms with Crippen molar-refractivity contribution in [2.24, 2.45) is 4.99 Å². The number of aliphatic imine (C=N–C) groups is 1. The molecule has 2 saturated heterocycles. The Morgan fingerprint density at radius 1 is 0.939 bits per heavy atom. The first-order valence-corrected chi connectivity index (χ1v) is 11.9. The first-order chi connectivity index (χ1) is 16.3. The minimum atomic E-state index is -0.107. The van der Waals surface area contributed by atoms with Crippen LogP contribution in [0.15, 0.2) is 59.7 Å². The average molecular weight is 443 g/mol. The molecule has 6 rings (SSSR count). The highest BCUT2D eigenvalue weighted by Gasteiger charge is 2.32. The normalized spacial score (nSPS) is 23.1. The van der Waals surface area contributed by atoms with Gasteiger partial charge in [-0.05, 0) is 42.8 Å². The van der Waals surface area contributed by atoms with Crippen molar-refractivity contribution in [2.45, 2.75) is 25.7 Å². The number of rotatable bonds is 3. The maximum absolute atomic E-state index is 6.42. The zero-order valence-corrected chi connectivity index (χ0v) is 19.0. The second-order valence-corrected chi connectivity index (χ2v) is 9.06. The van der Waals surface area contributed by atoms with E-state index < -0.39 is 0 Å². The number of anilines is 2. The topological polar surface area (TPSA) is 65.0 Å². The molecule has 0 radical (unpaired) electrons. The molecule has 7 nitrogen and oxygen atoms in total. The highest BCUT2D eigenvalue weighted by molar-refractivity contribution is 5.95. The molecule has 170 valence electrons. The van der Waals surface area contributed by atoms with Gasteiger partial charge in [-0.2, -0.15) is 0 Å². The molecule has 2 fully saturated rings. The number of piperazine rings is 1. The fourth-order valence-corrected chi connectivity index (χ4v) is 5.20. The lowest BCUT2D eigenvalue weighted by molar-refractivity contribution is 0.0188. The molecule has 1 aromatic heterocycles. The van der Waals surface area contributed by atoms with E-state index in [2.05, 4.69) is 74.8 Å². The largest absolute Gasteiger partial charge is 0.367 e. The summed E-state index contributed by atoms with van der Waals surface area (Å²) in [5.74, 6) is 0.931. The van der Waals surface area contributed by atoms with Gasteiger partial charge in [0.05, 0.1) is 29.5 Å². The van der Waals surface area contributed by atoms with Crippen LogP contribution in [0.4, 0.5) is 17.1 Å². The van der Waals surface area contributed by atoms with Gasteiger partial charge in [0.25, 0.3) is 0 Å². The van der Waals surface area contributed by atoms with Crippen molar-refractivity contribution in [2.75, 3.05) is 49.1 Å². The number of ether oxygens (including phenoxy) is 1. The molecule has 2 atom stereocenters. The molecular weight excluding hydrogens is 412 g/mol. The quantitative estimate of drug-likeness (QED) is 0.650. The van der Waals surface area contributed by atoms with Crippen molar-refractivity contribution in [3.63, 3.8) is 0 Å². The summed E-state index contributed by atoms with van der Waals surface area (Å²) in [4.78, 5) is 14.6. The molecule has 3 aromatic rings. The van der Waals surface area contributed by atoms with Crippen LogP contribution in [0.1, 0.15) is 12.5 Å². The molecule has 7 heteroatoms. The molecule has 0 amide bonds. The summed E-state index contributed by atoms with van der Waals surface area (Å²) >= 11 is 0. The number of hydrogen-bond donors (Lipinski definition) is 2. The van der Waals surface area contributed by atoms with Gasteiger partial charge in [0.1, 0.15) is 11.9 Å². The van der Waals surface area contributed by atoms with Crippen LogP contribution in [-0.2, 0) is 11.3 Å². The van der Waals surface area contributed by atoms with Crippen molar-refractivity contribution in [1.29, 1.82) is 0 Å². The smallest absolute Gasteiger partial charge is 0.134 e. The summed E-state index contributed by atoms with van der Waals surface area (Å²) in [7, 11) is 0. The first kappa shape index (κ1) is 20.4. The molecule has 2 N–H and O–H groups in total. The lowest BCUT2D eigenvalue weighted by atomic mass is 10.1. The standard InChI is InChI=1S/C26H30N6O/c1-18-16-32(22-8-3-7-21-20(22)6-4-10-28-21)17-24(33-18)26-29-15-19-5-2-9-23(25(19)30-26)31-13-11-27-12-14-31/h2-10,18,24,27H,11-17H2,1H3,(H,29,30)/t18-,24-/m1/s1. The van der Waals surface area contributed by atoms with E-state index in [0.29, 0.717) is 0 Å². The summed E-state index contributed by atoms with van der Waals surface area (Å²) in [5, 5.41) is 8.18. The van der Waals surface area contributed by atoms with Gasteiger partial charge in [0.2, 0.25) is 0 Å². The third-order valence-electron chi connectivity index (χ3n) is 6.78. The van der Waals surface area contributed by atoms with Gasteiger partial charge in [-0.1, -0.05) is 18.2 Å². The third-order valence-corrected chi connectivity index (χ3v) is 6.78. The zero-order chi connectivity index (χ0) is 22.2. The van der Waals surface area contributed by atoms with Crippen LogP contribution < -0.4 is 20.4 Å². The van der Waals surface area contributed by atoms with E-state index in [1.54, 1.807) is 0 Å². The maximum atomic E-state index is 6.42. The molecule has 33 heavy (non-hydrogen) atoms. The SMILES string of the molecule is C[C@@H]1CN(c2cccc3ncccc23)C[C@H](C2=Nc3c(cccc3N3CCNCC3)CN2)O1. The number of amidine groups is 1. The summed E-state index contributed by atoms with van der Waals surface area (Å²) in [5.41, 5.74) is 5.80. The lowest BCUT2D eigenvalue weighted by Gasteiger charge is -2.40. The van der Waals surface area contributed by atoms with E-state index in [1.165, 1.54) is 22.3 Å². The van der Waals surface area contributed by atoms with Crippen LogP contribution >= 0.6 is 0 Å². The molecular formula is C26H30N6O. The molecule has 4 heterocycles. The monoisotopic (exact) mass is 442 g/mol. The minimum absolute atomic E-state index is 0.102. The molecule has 0 aliphatic carbocycles. The van der Waals surface area contributed by atoms with E-state index in [0.717, 1.165) is 62.9 Å². The Morgan fingerprint density at radius 2 is 1.79 bits per heavy atom. The van der Waals surface area contributed by atoms with Crippen molar-refractivity contribution >= 4 is 33.8 Å². The van der Waals surface area contributed by atoms with Gasteiger partial charge in [-0.15, -0.1) is 0 Å². The van der Waals surface area contributed by atoms with Crippen LogP contribution in [0.3, 0.4) is 0 Å². The van der Waals surface area contributed by atoms with Gasteiger partial charge in [-0.3, -0.25) is 4.98 Å². The summed E-state index contributed by atoms with van der Waals surface area (Å²) in [6.45, 7) is 8.57. The Kier molecular flexibility index (Phi) is 5.36. The van der Waals surface area contributed by atoms with Gasteiger partial charge in [0, 0.05) is 56.5 Å². The van der Waals surface area contributed by atoms with Crippen LogP contribution in [0.5, 0.6) is 0 Å². The van der Waals surface area contributed by atoms with E-state index in [9.17, 15) is 0 Å². The molecule has 0 saturated carbocycles. The Bertz CT molecular complexity index is 1180. The number of nitrogens with one attached hydrogen (secondary N) is 2. The molecule has 3 aliphatic rings. The van der Waals surface area contributed by atoms with Gasteiger partial charge in [-0.25, -0.2) is 4.99 Å². The van der Waals surface area contributed by atoms with Crippen molar-refractivity contribution in [1.82, 2.24) is 15.6 Å². The number of pyridine rings is 1. The van der Waals surface area contributed by atoms with Crippen molar-refractivity contribution in [3.8, 4) is 0 Å². The number of para-hydroxylation sites is 1. The van der Waals surface area contributed by atoms with Crippen molar-refractivity contribution in [3.05, 3.63) is 60.3 Å². The molecule has 0 bridgehead atoms. The van der Waals surface area contributed by atoms with E-state index >= 15 is 0 Å². The van der Waals surface area contributed by atoms with Gasteiger partial charge >= 0.3 is 0 Å². The predicted octanol–water partition coefficient (Wildman–Crippen LogP) is 3.07. The van der Waals surface area contributed by atoms with E-state index in [1.807, 2.05) is 12.3 Å². The molecule has 3 aliphatic heterocycles. The Morgan fingerprint density at radius 3 is 2.70 bits per heavy atom. The van der Waals surface area contributed by atoms with Crippen LogP contribution in [0, 0.1) is 0 Å². The van der Waals surface area contributed by atoms with Crippen LogP contribution in [0.2, 0.25) is 0 Å². The number of morpholine rings is 1. The fourth-order valence-electron chi connectivity index (χ4n) is 5.20. The predicted molar refractivity (Wildman–Crippen MR) is 134 cm³/mol. The third kappa shape index (κ3) is 3.92. The highest BCUT2D eigenvalue weighted by atomic mass is 16.5. The Hall–Kier alpha value is -3.16. The average Bonchev–Trinajstić information content (AvgIpc) is 2.88. The van der Waals surface area contributed by atoms with Crippen LogP contribution in [-0.4, -0.2) is 62.3 Å². The molecule has 0 unspecified atom stereocenters.